The molecule has 0 bridgehead atoms. The van der Waals surface area contributed by atoms with Crippen molar-refractivity contribution < 1.29 is 24.2 Å². The van der Waals surface area contributed by atoms with E-state index in [1.807, 2.05) is 57.2 Å². The quantitative estimate of drug-likeness (QED) is 0.0487. The van der Waals surface area contributed by atoms with Crippen molar-refractivity contribution in [3.63, 3.8) is 0 Å². The van der Waals surface area contributed by atoms with Gasteiger partial charge < -0.3 is 35.8 Å². The highest BCUT2D eigenvalue weighted by Crippen LogP contribution is 2.22. The molecular formula is C44H63N7O5. The van der Waals surface area contributed by atoms with E-state index in [0.29, 0.717) is 65.0 Å². The SMILES string of the molecule is CCCCC(CC)COC(=O)c1ccc(NC2N=C(Nc3ccc(C(=O)NC(C)(C)C)cc3)NC(Nc3ccc(C(O)OCC(CC)CCCC)cc3)=N2)cc1. The summed E-state index contributed by atoms with van der Waals surface area (Å²) in [6.45, 7) is 15.4. The van der Waals surface area contributed by atoms with E-state index in [4.69, 9.17) is 19.5 Å². The molecule has 0 aliphatic carbocycles. The Bertz CT molecular complexity index is 1720. The van der Waals surface area contributed by atoms with Crippen LogP contribution in [0.2, 0.25) is 0 Å². The summed E-state index contributed by atoms with van der Waals surface area (Å²) in [4.78, 5) is 35.0. The number of ether oxygens (including phenoxy) is 2. The third-order valence-electron chi connectivity index (χ3n) is 9.54. The average molecular weight is 770 g/mol. The maximum Gasteiger partial charge on any atom is 0.338 e. The number of hydrogen-bond donors (Lipinski definition) is 6. The second-order valence-corrected chi connectivity index (χ2v) is 15.4. The minimum Gasteiger partial charge on any atom is -0.462 e. The van der Waals surface area contributed by atoms with Gasteiger partial charge in [0, 0.05) is 33.7 Å². The fourth-order valence-electron chi connectivity index (χ4n) is 6.01. The van der Waals surface area contributed by atoms with Gasteiger partial charge in [0.1, 0.15) is 0 Å². The van der Waals surface area contributed by atoms with E-state index in [-0.39, 0.29) is 17.4 Å². The smallest absolute Gasteiger partial charge is 0.338 e. The van der Waals surface area contributed by atoms with Gasteiger partial charge in [0.25, 0.3) is 5.91 Å². The third-order valence-corrected chi connectivity index (χ3v) is 9.54. The zero-order chi connectivity index (χ0) is 40.5. The van der Waals surface area contributed by atoms with Crippen molar-refractivity contribution in [1.29, 1.82) is 0 Å². The molecule has 1 amide bonds. The number of esters is 1. The zero-order valence-electron chi connectivity index (χ0n) is 34.3. The number of rotatable bonds is 20. The molecule has 1 heterocycles. The molecule has 0 saturated carbocycles. The second-order valence-electron chi connectivity index (χ2n) is 15.4. The first-order chi connectivity index (χ1) is 26.9. The first-order valence-electron chi connectivity index (χ1n) is 20.2. The Morgan fingerprint density at radius 1 is 0.732 bits per heavy atom. The molecule has 0 spiro atoms. The summed E-state index contributed by atoms with van der Waals surface area (Å²) in [5.74, 6) is 1.12. The minimum atomic E-state index is -1.01. The molecule has 12 nitrogen and oxygen atoms in total. The lowest BCUT2D eigenvalue weighted by molar-refractivity contribution is -0.114. The van der Waals surface area contributed by atoms with E-state index >= 15 is 0 Å². The molecule has 1 aliphatic rings. The summed E-state index contributed by atoms with van der Waals surface area (Å²) < 4.78 is 11.5. The van der Waals surface area contributed by atoms with Gasteiger partial charge in [-0.15, -0.1) is 0 Å². The van der Waals surface area contributed by atoms with Gasteiger partial charge in [-0.25, -0.2) is 14.8 Å². The molecule has 12 heteroatoms. The summed E-state index contributed by atoms with van der Waals surface area (Å²) >= 11 is 0. The van der Waals surface area contributed by atoms with Crippen molar-refractivity contribution in [3.05, 3.63) is 89.5 Å². The monoisotopic (exact) mass is 769 g/mol. The highest BCUT2D eigenvalue weighted by Gasteiger charge is 2.20. The number of nitrogens with zero attached hydrogens (tertiary/aromatic N) is 2. The lowest BCUT2D eigenvalue weighted by Crippen LogP contribution is -2.45. The Hall–Kier alpha value is -4.94. The standard InChI is InChI=1S/C44H63N7O5/c1-8-12-14-30(10-3)28-55-39(53)33-18-24-36(25-19-33)46-42-48-41(45-35-22-16-32(17-23-35)38(52)51-44(5,6)7)49-43(50-42)47-37-26-20-34(21-27-37)40(54)56-29-31(11-4)15-13-9-2/h16-27,30-31,39,43,47,53H,8-15,28-29H2,1-7H3,(H,51,52)(H3,45,46,48,49,50). The first-order valence-corrected chi connectivity index (χ1v) is 20.2. The van der Waals surface area contributed by atoms with Crippen LogP contribution in [0.1, 0.15) is 132 Å². The van der Waals surface area contributed by atoms with Crippen LogP contribution in [0.15, 0.2) is 82.8 Å². The summed E-state index contributed by atoms with van der Waals surface area (Å²) in [5.41, 5.74) is 3.49. The van der Waals surface area contributed by atoms with Crippen molar-refractivity contribution in [2.45, 2.75) is 118 Å². The molecular weight excluding hydrogens is 707 g/mol. The Kier molecular flexibility index (Phi) is 17.2. The number of carbonyl (C=O) groups is 2. The summed E-state index contributed by atoms with van der Waals surface area (Å²) in [7, 11) is 0. The molecule has 6 N–H and O–H groups in total. The van der Waals surface area contributed by atoms with Crippen LogP contribution >= 0.6 is 0 Å². The van der Waals surface area contributed by atoms with E-state index in [1.165, 1.54) is 0 Å². The minimum absolute atomic E-state index is 0.154. The Labute approximate surface area is 333 Å². The number of hydrogen-bond acceptors (Lipinski definition) is 11. The highest BCUT2D eigenvalue weighted by atomic mass is 16.6. The number of nitrogens with one attached hydrogen (secondary N) is 5. The highest BCUT2D eigenvalue weighted by molar-refractivity contribution is 6.11. The van der Waals surface area contributed by atoms with Crippen molar-refractivity contribution in [3.8, 4) is 0 Å². The van der Waals surface area contributed by atoms with Gasteiger partial charge in [-0.2, -0.15) is 0 Å². The molecule has 4 atom stereocenters. The molecule has 4 unspecified atom stereocenters. The number of benzene rings is 3. The van der Waals surface area contributed by atoms with E-state index in [9.17, 15) is 14.7 Å². The maximum absolute atomic E-state index is 12.8. The Morgan fingerprint density at radius 2 is 1.23 bits per heavy atom. The number of anilines is 3. The first kappa shape index (κ1) is 43.8. The van der Waals surface area contributed by atoms with E-state index < -0.39 is 12.6 Å². The summed E-state index contributed by atoms with van der Waals surface area (Å²) in [5, 5.41) is 26.8. The van der Waals surface area contributed by atoms with E-state index in [2.05, 4.69) is 54.3 Å². The molecule has 0 saturated heterocycles. The molecule has 1 aliphatic heterocycles. The van der Waals surface area contributed by atoms with Gasteiger partial charge in [0.2, 0.25) is 18.2 Å². The lowest BCUT2D eigenvalue weighted by atomic mass is 10.0. The van der Waals surface area contributed by atoms with Gasteiger partial charge in [-0.1, -0.05) is 78.4 Å². The predicted molar refractivity (Wildman–Crippen MR) is 227 cm³/mol. The lowest BCUT2D eigenvalue weighted by Gasteiger charge is -2.24. The van der Waals surface area contributed by atoms with Crippen LogP contribution in [-0.2, 0) is 9.47 Å². The molecule has 4 rings (SSSR count). The number of carbonyl (C=O) groups excluding carboxylic acids is 2. The Balaban J connectivity index is 1.46. The molecule has 56 heavy (non-hydrogen) atoms. The second kappa shape index (κ2) is 22.0. The van der Waals surface area contributed by atoms with Crippen LogP contribution < -0.4 is 26.6 Å². The zero-order valence-corrected chi connectivity index (χ0v) is 34.3. The maximum atomic E-state index is 12.8. The normalized spacial score (nSPS) is 15.7. The molecule has 0 radical (unpaired) electrons. The van der Waals surface area contributed by atoms with Crippen LogP contribution in [0.5, 0.6) is 0 Å². The van der Waals surface area contributed by atoms with Crippen LogP contribution in [0.4, 0.5) is 17.1 Å². The third kappa shape index (κ3) is 14.6. The van der Waals surface area contributed by atoms with Crippen molar-refractivity contribution in [2.24, 2.45) is 21.8 Å². The molecule has 0 fully saturated rings. The fraction of sp³-hybridized carbons (Fsp3) is 0.500. The van der Waals surface area contributed by atoms with Crippen molar-refractivity contribution in [1.82, 2.24) is 10.6 Å². The topological polar surface area (TPSA) is 158 Å². The van der Waals surface area contributed by atoms with Gasteiger partial charge >= 0.3 is 5.97 Å². The number of guanidine groups is 2. The largest absolute Gasteiger partial charge is 0.462 e. The molecule has 304 valence electrons. The van der Waals surface area contributed by atoms with Gasteiger partial charge in [-0.05, 0) is 106 Å². The summed E-state index contributed by atoms with van der Waals surface area (Å²) in [6.07, 6.45) is 6.91. The van der Waals surface area contributed by atoms with Crippen LogP contribution in [0, 0.1) is 11.8 Å². The predicted octanol–water partition coefficient (Wildman–Crippen LogP) is 9.05. The number of aliphatic hydroxyl groups excluding tert-OH is 1. The average Bonchev–Trinajstić information content (AvgIpc) is 3.18. The van der Waals surface area contributed by atoms with Gasteiger partial charge in [0.05, 0.1) is 18.8 Å². The van der Waals surface area contributed by atoms with Gasteiger partial charge in [-0.3, -0.25) is 10.1 Å². The van der Waals surface area contributed by atoms with Crippen molar-refractivity contribution >= 4 is 40.9 Å². The van der Waals surface area contributed by atoms with Crippen LogP contribution in [0.3, 0.4) is 0 Å². The fourth-order valence-corrected chi connectivity index (χ4v) is 6.01. The Morgan fingerprint density at radius 3 is 1.75 bits per heavy atom. The number of amides is 1. The van der Waals surface area contributed by atoms with E-state index in [1.54, 1.807) is 36.4 Å². The molecule has 0 aromatic heterocycles. The van der Waals surface area contributed by atoms with Crippen LogP contribution in [-0.4, -0.2) is 53.9 Å². The number of aliphatic imine (C=N–C) groups is 2. The van der Waals surface area contributed by atoms with Crippen LogP contribution in [0.25, 0.3) is 0 Å². The number of aliphatic hydroxyl groups is 1. The van der Waals surface area contributed by atoms with E-state index in [0.717, 1.165) is 57.1 Å². The van der Waals surface area contributed by atoms with Crippen molar-refractivity contribution in [2.75, 3.05) is 29.2 Å². The summed E-state index contributed by atoms with van der Waals surface area (Å²) in [6, 6.07) is 21.6. The molecule has 3 aromatic rings. The van der Waals surface area contributed by atoms with Gasteiger partial charge in [0.15, 0.2) is 6.29 Å². The number of unbranched alkanes of at least 4 members (excludes halogenated alkanes) is 2. The molecule has 3 aromatic carbocycles.